The zero-order valence-corrected chi connectivity index (χ0v) is 9.56. The Morgan fingerprint density at radius 3 is 3.00 bits per heavy atom. The molecular weight excluding hydrogens is 214 g/mol. The van der Waals surface area contributed by atoms with Crippen molar-refractivity contribution in [2.45, 2.75) is 18.9 Å². The van der Waals surface area contributed by atoms with Gasteiger partial charge in [-0.05, 0) is 24.5 Å². The van der Waals surface area contributed by atoms with E-state index in [0.29, 0.717) is 0 Å². The summed E-state index contributed by atoms with van der Waals surface area (Å²) < 4.78 is 10.8. The monoisotopic (exact) mass is 229 g/mol. The Hall–Kier alpha value is -1.74. The molecule has 3 rings (SSSR count). The summed E-state index contributed by atoms with van der Waals surface area (Å²) in [6, 6.07) is 7.90. The molecule has 0 aliphatic carbocycles. The lowest BCUT2D eigenvalue weighted by Crippen LogP contribution is -2.16. The normalized spacial score (nSPS) is 16.1. The first-order valence-electron chi connectivity index (χ1n) is 5.88. The second-order valence-electron chi connectivity index (χ2n) is 4.32. The van der Waals surface area contributed by atoms with Gasteiger partial charge in [0.2, 0.25) is 0 Å². The summed E-state index contributed by atoms with van der Waals surface area (Å²) in [5.41, 5.74) is 9.53. The van der Waals surface area contributed by atoms with Gasteiger partial charge in [-0.3, -0.25) is 0 Å². The SMILES string of the molecule is NC(c1ccoc1)c1cccc2c1OCCC2. The number of para-hydroxylation sites is 1. The van der Waals surface area contributed by atoms with Crippen LogP contribution in [0.5, 0.6) is 5.75 Å². The van der Waals surface area contributed by atoms with Gasteiger partial charge in [-0.15, -0.1) is 0 Å². The van der Waals surface area contributed by atoms with Gasteiger partial charge < -0.3 is 14.9 Å². The molecule has 0 saturated heterocycles. The first kappa shape index (κ1) is 10.4. The number of benzene rings is 1. The number of hydrogen-bond donors (Lipinski definition) is 1. The Morgan fingerprint density at radius 1 is 1.24 bits per heavy atom. The maximum Gasteiger partial charge on any atom is 0.127 e. The van der Waals surface area contributed by atoms with Crippen LogP contribution in [-0.4, -0.2) is 6.61 Å². The zero-order chi connectivity index (χ0) is 11.7. The predicted molar refractivity (Wildman–Crippen MR) is 65.0 cm³/mol. The molecule has 0 radical (unpaired) electrons. The molecule has 0 bridgehead atoms. The smallest absolute Gasteiger partial charge is 0.127 e. The Balaban J connectivity index is 2.03. The summed E-state index contributed by atoms with van der Waals surface area (Å²) in [6.07, 6.45) is 5.48. The van der Waals surface area contributed by atoms with Crippen LogP contribution in [-0.2, 0) is 6.42 Å². The van der Waals surface area contributed by atoms with Gasteiger partial charge in [-0.2, -0.15) is 0 Å². The summed E-state index contributed by atoms with van der Waals surface area (Å²) in [7, 11) is 0. The summed E-state index contributed by atoms with van der Waals surface area (Å²) in [5, 5.41) is 0. The van der Waals surface area contributed by atoms with Crippen LogP contribution in [0, 0.1) is 0 Å². The zero-order valence-electron chi connectivity index (χ0n) is 9.56. The van der Waals surface area contributed by atoms with Crippen molar-refractivity contribution in [2.24, 2.45) is 5.73 Å². The number of fused-ring (bicyclic) bond motifs is 1. The average Bonchev–Trinajstić information content (AvgIpc) is 2.91. The number of furan rings is 1. The van der Waals surface area contributed by atoms with E-state index in [-0.39, 0.29) is 6.04 Å². The van der Waals surface area contributed by atoms with Gasteiger partial charge in [0.1, 0.15) is 5.75 Å². The first-order chi connectivity index (χ1) is 8.36. The fraction of sp³-hybridized carbons (Fsp3) is 0.286. The van der Waals surface area contributed by atoms with E-state index in [1.54, 1.807) is 12.5 Å². The maximum absolute atomic E-state index is 6.24. The van der Waals surface area contributed by atoms with Crippen molar-refractivity contribution in [2.75, 3.05) is 6.61 Å². The number of rotatable bonds is 2. The predicted octanol–water partition coefficient (Wildman–Crippen LogP) is 2.65. The van der Waals surface area contributed by atoms with Crippen molar-refractivity contribution in [1.82, 2.24) is 0 Å². The van der Waals surface area contributed by atoms with Gasteiger partial charge in [0.15, 0.2) is 0 Å². The Bertz CT molecular complexity index is 505. The molecule has 1 aromatic carbocycles. The first-order valence-corrected chi connectivity index (χ1v) is 5.88. The third-order valence-corrected chi connectivity index (χ3v) is 3.20. The van der Waals surface area contributed by atoms with E-state index in [1.165, 1.54) is 5.56 Å². The molecular formula is C14H15NO2. The fourth-order valence-corrected chi connectivity index (χ4v) is 2.29. The standard InChI is InChI=1S/C14H15NO2/c15-13(11-6-8-16-9-11)12-5-1-3-10-4-2-7-17-14(10)12/h1,3,5-6,8-9,13H,2,4,7,15H2. The van der Waals surface area contributed by atoms with Crippen LogP contribution in [0.4, 0.5) is 0 Å². The van der Waals surface area contributed by atoms with Crippen molar-refractivity contribution in [1.29, 1.82) is 0 Å². The van der Waals surface area contributed by atoms with E-state index in [1.807, 2.05) is 18.2 Å². The molecule has 0 amide bonds. The van der Waals surface area contributed by atoms with E-state index < -0.39 is 0 Å². The van der Waals surface area contributed by atoms with Crippen LogP contribution in [0.1, 0.15) is 29.2 Å². The maximum atomic E-state index is 6.24. The largest absolute Gasteiger partial charge is 0.493 e. The van der Waals surface area contributed by atoms with Crippen LogP contribution in [0.15, 0.2) is 41.2 Å². The second-order valence-corrected chi connectivity index (χ2v) is 4.32. The molecule has 1 atom stereocenters. The third kappa shape index (κ3) is 1.83. The molecule has 1 aliphatic heterocycles. The lowest BCUT2D eigenvalue weighted by Gasteiger charge is -2.22. The molecule has 1 unspecified atom stereocenters. The number of nitrogens with two attached hydrogens (primary N) is 1. The summed E-state index contributed by atoms with van der Waals surface area (Å²) in [5.74, 6) is 0.965. The molecule has 0 spiro atoms. The average molecular weight is 229 g/mol. The van der Waals surface area contributed by atoms with Gasteiger partial charge >= 0.3 is 0 Å². The van der Waals surface area contributed by atoms with Crippen molar-refractivity contribution >= 4 is 0 Å². The lowest BCUT2D eigenvalue weighted by molar-refractivity contribution is 0.284. The number of ether oxygens (including phenoxy) is 1. The topological polar surface area (TPSA) is 48.4 Å². The van der Waals surface area contributed by atoms with E-state index in [2.05, 4.69) is 6.07 Å². The molecule has 1 aliphatic rings. The molecule has 3 nitrogen and oxygen atoms in total. The molecule has 2 aromatic rings. The number of hydrogen-bond acceptors (Lipinski definition) is 3. The van der Waals surface area contributed by atoms with E-state index >= 15 is 0 Å². The summed E-state index contributed by atoms with van der Waals surface area (Å²) in [4.78, 5) is 0. The van der Waals surface area contributed by atoms with Crippen LogP contribution in [0.25, 0.3) is 0 Å². The van der Waals surface area contributed by atoms with Gasteiger partial charge in [0.05, 0.1) is 25.2 Å². The van der Waals surface area contributed by atoms with Crippen LogP contribution in [0.2, 0.25) is 0 Å². The van der Waals surface area contributed by atoms with Crippen LogP contribution >= 0.6 is 0 Å². The highest BCUT2D eigenvalue weighted by Crippen LogP contribution is 2.34. The lowest BCUT2D eigenvalue weighted by atomic mass is 9.96. The summed E-state index contributed by atoms with van der Waals surface area (Å²) in [6.45, 7) is 0.780. The van der Waals surface area contributed by atoms with E-state index in [9.17, 15) is 0 Å². The minimum Gasteiger partial charge on any atom is -0.493 e. The van der Waals surface area contributed by atoms with Crippen molar-refractivity contribution in [3.8, 4) is 5.75 Å². The van der Waals surface area contributed by atoms with E-state index in [4.69, 9.17) is 14.9 Å². The Morgan fingerprint density at radius 2 is 2.18 bits per heavy atom. The molecule has 17 heavy (non-hydrogen) atoms. The minimum absolute atomic E-state index is 0.179. The molecule has 0 fully saturated rings. The minimum atomic E-state index is -0.179. The Kier molecular flexibility index (Phi) is 2.61. The number of aryl methyl sites for hydroxylation is 1. The molecule has 2 N–H and O–H groups in total. The van der Waals surface area contributed by atoms with Gasteiger partial charge in [-0.25, -0.2) is 0 Å². The van der Waals surface area contributed by atoms with Gasteiger partial charge in [0, 0.05) is 11.1 Å². The van der Waals surface area contributed by atoms with E-state index in [0.717, 1.165) is 36.3 Å². The highest BCUT2D eigenvalue weighted by atomic mass is 16.5. The molecule has 3 heteroatoms. The highest BCUT2D eigenvalue weighted by molar-refractivity contribution is 5.47. The molecule has 2 heterocycles. The van der Waals surface area contributed by atoms with Crippen molar-refractivity contribution < 1.29 is 9.15 Å². The van der Waals surface area contributed by atoms with Crippen molar-refractivity contribution in [3.05, 3.63) is 53.5 Å². The van der Waals surface area contributed by atoms with Gasteiger partial charge in [0.25, 0.3) is 0 Å². The molecule has 0 saturated carbocycles. The van der Waals surface area contributed by atoms with Gasteiger partial charge in [-0.1, -0.05) is 18.2 Å². The summed E-state index contributed by atoms with van der Waals surface area (Å²) >= 11 is 0. The quantitative estimate of drug-likeness (QED) is 0.861. The van der Waals surface area contributed by atoms with Crippen molar-refractivity contribution in [3.63, 3.8) is 0 Å². The third-order valence-electron chi connectivity index (χ3n) is 3.20. The fourth-order valence-electron chi connectivity index (χ4n) is 2.29. The second kappa shape index (κ2) is 4.26. The van der Waals surface area contributed by atoms with Crippen LogP contribution < -0.4 is 10.5 Å². The molecule has 1 aromatic heterocycles. The highest BCUT2D eigenvalue weighted by Gasteiger charge is 2.20. The van der Waals surface area contributed by atoms with Crippen LogP contribution in [0.3, 0.4) is 0 Å². The molecule has 88 valence electrons. The Labute approximate surface area is 100 Å².